The number of esters is 2. The average molecular weight is 571 g/mol. The maximum absolute atomic E-state index is 12.1. The molecule has 214 valence electrons. The molecule has 1 aromatic heterocycles. The van der Waals surface area contributed by atoms with Crippen LogP contribution in [-0.4, -0.2) is 25.2 Å². The SMILES string of the molecule is CCOC(=O)CCCCC(C=Cc1ccccc1OCc1cc2ccccc2s1)Cc1ccc(C(=O)OCC)cc1. The molecular formula is C35H38O5S. The highest BCUT2D eigenvalue weighted by molar-refractivity contribution is 7.19. The molecule has 1 unspecified atom stereocenters. The number of benzene rings is 3. The van der Waals surface area contributed by atoms with Crippen LogP contribution >= 0.6 is 11.3 Å². The Balaban J connectivity index is 1.44. The largest absolute Gasteiger partial charge is 0.487 e. The predicted octanol–water partition coefficient (Wildman–Crippen LogP) is 8.65. The van der Waals surface area contributed by atoms with Crippen LogP contribution in [0.4, 0.5) is 0 Å². The molecule has 3 aromatic carbocycles. The zero-order valence-corrected chi connectivity index (χ0v) is 24.7. The van der Waals surface area contributed by atoms with Crippen LogP contribution < -0.4 is 4.74 Å². The summed E-state index contributed by atoms with van der Waals surface area (Å²) in [6.45, 7) is 4.92. The standard InChI is InChI=1S/C35H38O5S/c1-3-38-34(36)16-10-5-11-26(23-27-18-21-29(22-19-27)35(37)39-4-2)17-20-28-12-6-8-14-32(28)40-25-31-24-30-13-7-9-15-33(30)41-31/h6-9,12-15,17-22,24,26H,3-5,10-11,16,23,25H2,1-2H3. The van der Waals surface area contributed by atoms with Crippen LogP contribution in [0.3, 0.4) is 0 Å². The second-order valence-electron chi connectivity index (χ2n) is 9.87. The number of carbonyl (C=O) groups is 2. The molecule has 0 saturated heterocycles. The lowest BCUT2D eigenvalue weighted by Crippen LogP contribution is -2.06. The van der Waals surface area contributed by atoms with E-state index >= 15 is 0 Å². The first kappa shape index (κ1) is 30.1. The summed E-state index contributed by atoms with van der Waals surface area (Å²) in [5.74, 6) is 0.655. The molecule has 0 aliphatic rings. The molecule has 4 rings (SSSR count). The van der Waals surface area contributed by atoms with Crippen LogP contribution in [0.15, 0.2) is 84.9 Å². The van der Waals surface area contributed by atoms with Gasteiger partial charge in [-0.2, -0.15) is 0 Å². The number of allylic oxidation sites excluding steroid dienone is 1. The predicted molar refractivity (Wildman–Crippen MR) is 166 cm³/mol. The van der Waals surface area contributed by atoms with Crippen molar-refractivity contribution in [3.8, 4) is 5.75 Å². The van der Waals surface area contributed by atoms with Gasteiger partial charge < -0.3 is 14.2 Å². The Morgan fingerprint density at radius 2 is 1.63 bits per heavy atom. The van der Waals surface area contributed by atoms with E-state index < -0.39 is 0 Å². The van der Waals surface area contributed by atoms with E-state index in [4.69, 9.17) is 14.2 Å². The van der Waals surface area contributed by atoms with Crippen molar-refractivity contribution in [3.05, 3.63) is 107 Å². The molecule has 6 heteroatoms. The number of fused-ring (bicyclic) bond motifs is 1. The fraction of sp³-hybridized carbons (Fsp3) is 0.314. The zero-order chi connectivity index (χ0) is 28.9. The average Bonchev–Trinajstić information content (AvgIpc) is 3.41. The number of unbranched alkanes of at least 4 members (excludes halogenated alkanes) is 1. The number of para-hydroxylation sites is 1. The van der Waals surface area contributed by atoms with Gasteiger partial charge in [-0.1, -0.05) is 67.1 Å². The number of ether oxygens (including phenoxy) is 3. The minimum absolute atomic E-state index is 0.140. The minimum Gasteiger partial charge on any atom is -0.487 e. The molecule has 0 amide bonds. The quantitative estimate of drug-likeness (QED) is 0.106. The smallest absolute Gasteiger partial charge is 0.338 e. The van der Waals surface area contributed by atoms with Crippen LogP contribution in [0.1, 0.15) is 65.9 Å². The van der Waals surface area contributed by atoms with Crippen LogP contribution in [0, 0.1) is 5.92 Å². The van der Waals surface area contributed by atoms with Gasteiger partial charge in [-0.25, -0.2) is 4.79 Å². The molecule has 0 aliphatic heterocycles. The van der Waals surface area contributed by atoms with Crippen LogP contribution in [0.5, 0.6) is 5.75 Å². The highest BCUT2D eigenvalue weighted by Crippen LogP contribution is 2.28. The van der Waals surface area contributed by atoms with Gasteiger partial charge in [0.25, 0.3) is 0 Å². The van der Waals surface area contributed by atoms with Crippen LogP contribution in [-0.2, 0) is 27.3 Å². The van der Waals surface area contributed by atoms with E-state index in [1.165, 1.54) is 15.0 Å². The highest BCUT2D eigenvalue weighted by atomic mass is 32.1. The molecule has 1 heterocycles. The van der Waals surface area contributed by atoms with Crippen molar-refractivity contribution in [1.29, 1.82) is 0 Å². The zero-order valence-electron chi connectivity index (χ0n) is 23.8. The number of hydrogen-bond donors (Lipinski definition) is 0. The molecule has 0 bridgehead atoms. The molecular weight excluding hydrogens is 532 g/mol. The third kappa shape index (κ3) is 9.32. The van der Waals surface area contributed by atoms with E-state index in [2.05, 4.69) is 48.6 Å². The van der Waals surface area contributed by atoms with Crippen molar-refractivity contribution >= 4 is 39.4 Å². The van der Waals surface area contributed by atoms with E-state index in [-0.39, 0.29) is 17.9 Å². The van der Waals surface area contributed by atoms with Gasteiger partial charge in [0.1, 0.15) is 12.4 Å². The van der Waals surface area contributed by atoms with Gasteiger partial charge in [-0.3, -0.25) is 4.79 Å². The lowest BCUT2D eigenvalue weighted by molar-refractivity contribution is -0.143. The monoisotopic (exact) mass is 570 g/mol. The topological polar surface area (TPSA) is 61.8 Å². The van der Waals surface area contributed by atoms with Gasteiger partial charge in [-0.05, 0) is 80.3 Å². The number of thiophene rings is 1. The Bertz CT molecular complexity index is 1400. The number of carbonyl (C=O) groups excluding carboxylic acids is 2. The van der Waals surface area contributed by atoms with Crippen LogP contribution in [0.25, 0.3) is 16.2 Å². The maximum Gasteiger partial charge on any atom is 0.338 e. The van der Waals surface area contributed by atoms with E-state index in [9.17, 15) is 9.59 Å². The summed E-state index contributed by atoms with van der Waals surface area (Å²) in [6.07, 6.45) is 8.28. The summed E-state index contributed by atoms with van der Waals surface area (Å²) in [5.41, 5.74) is 2.73. The lowest BCUT2D eigenvalue weighted by atomic mass is 9.92. The minimum atomic E-state index is -0.304. The molecule has 0 fully saturated rings. The number of rotatable bonds is 15. The van der Waals surface area contributed by atoms with Crippen LogP contribution in [0.2, 0.25) is 0 Å². The van der Waals surface area contributed by atoms with Crippen molar-refractivity contribution in [3.63, 3.8) is 0 Å². The van der Waals surface area contributed by atoms with Gasteiger partial charge >= 0.3 is 11.9 Å². The Morgan fingerprint density at radius 1 is 0.878 bits per heavy atom. The molecule has 0 spiro atoms. The van der Waals surface area contributed by atoms with Gasteiger partial charge in [0.05, 0.1) is 18.8 Å². The molecule has 0 radical (unpaired) electrons. The second kappa shape index (κ2) is 15.8. The summed E-state index contributed by atoms with van der Waals surface area (Å²) >= 11 is 1.76. The Hall–Kier alpha value is -3.90. The third-order valence-electron chi connectivity index (χ3n) is 6.79. The Kier molecular flexibility index (Phi) is 11.6. The first-order chi connectivity index (χ1) is 20.1. The van der Waals surface area contributed by atoms with E-state index in [1.807, 2.05) is 49.4 Å². The van der Waals surface area contributed by atoms with Crippen molar-refractivity contribution in [2.24, 2.45) is 5.92 Å². The van der Waals surface area contributed by atoms with Gasteiger partial charge in [-0.15, -0.1) is 11.3 Å². The first-order valence-corrected chi connectivity index (χ1v) is 15.2. The molecule has 0 N–H and O–H groups in total. The van der Waals surface area contributed by atoms with E-state index in [1.54, 1.807) is 18.3 Å². The molecule has 4 aromatic rings. The fourth-order valence-electron chi connectivity index (χ4n) is 4.72. The normalized spacial score (nSPS) is 12.0. The molecule has 5 nitrogen and oxygen atoms in total. The van der Waals surface area contributed by atoms with Crippen molar-refractivity contribution in [2.75, 3.05) is 13.2 Å². The lowest BCUT2D eigenvalue weighted by Gasteiger charge is -2.14. The molecule has 41 heavy (non-hydrogen) atoms. The van der Waals surface area contributed by atoms with Gasteiger partial charge in [0.2, 0.25) is 0 Å². The van der Waals surface area contributed by atoms with E-state index in [0.717, 1.165) is 42.6 Å². The van der Waals surface area contributed by atoms with Gasteiger partial charge in [0.15, 0.2) is 0 Å². The summed E-state index contributed by atoms with van der Waals surface area (Å²) in [5, 5.41) is 1.24. The van der Waals surface area contributed by atoms with Crippen molar-refractivity contribution in [2.45, 2.75) is 52.6 Å². The number of hydrogen-bond acceptors (Lipinski definition) is 6. The first-order valence-electron chi connectivity index (χ1n) is 14.3. The highest BCUT2D eigenvalue weighted by Gasteiger charge is 2.11. The van der Waals surface area contributed by atoms with E-state index in [0.29, 0.717) is 31.8 Å². The Labute approximate surface area is 246 Å². The summed E-state index contributed by atoms with van der Waals surface area (Å²) in [4.78, 5) is 25.0. The summed E-state index contributed by atoms with van der Waals surface area (Å²) < 4.78 is 17.7. The molecule has 0 aliphatic carbocycles. The molecule has 1 atom stereocenters. The second-order valence-corrected chi connectivity index (χ2v) is 11.0. The fourth-order valence-corrected chi connectivity index (χ4v) is 5.69. The molecule has 0 saturated carbocycles. The Morgan fingerprint density at radius 3 is 2.41 bits per heavy atom. The van der Waals surface area contributed by atoms with Crippen molar-refractivity contribution in [1.82, 2.24) is 0 Å². The summed E-state index contributed by atoms with van der Waals surface area (Å²) in [6, 6.07) is 26.3. The maximum atomic E-state index is 12.1. The van der Waals surface area contributed by atoms with Gasteiger partial charge in [0, 0.05) is 21.6 Å². The summed E-state index contributed by atoms with van der Waals surface area (Å²) in [7, 11) is 0. The van der Waals surface area contributed by atoms with Crippen molar-refractivity contribution < 1.29 is 23.8 Å². The third-order valence-corrected chi connectivity index (χ3v) is 7.88.